The largest absolute Gasteiger partial charge is 0.376 e. The summed E-state index contributed by atoms with van der Waals surface area (Å²) >= 11 is 0. The van der Waals surface area contributed by atoms with Gasteiger partial charge in [0.15, 0.2) is 0 Å². The summed E-state index contributed by atoms with van der Waals surface area (Å²) in [7, 11) is 0. The molecule has 0 aliphatic carbocycles. The first-order valence-corrected chi connectivity index (χ1v) is 6.19. The molecular weight excluding hydrogens is 204 g/mol. The number of rotatable bonds is 5. The van der Waals surface area contributed by atoms with Gasteiger partial charge < -0.3 is 15.8 Å². The normalized spacial score (nSPS) is 26.1. The lowest BCUT2D eigenvalue weighted by Crippen LogP contribution is -2.55. The average molecular weight is 228 g/mol. The summed E-state index contributed by atoms with van der Waals surface area (Å²) in [5, 5.41) is 2.96. The number of carbonyl (C=O) groups is 1. The van der Waals surface area contributed by atoms with E-state index in [1.165, 1.54) is 0 Å². The highest BCUT2D eigenvalue weighted by Crippen LogP contribution is 2.16. The molecule has 0 saturated carbocycles. The summed E-state index contributed by atoms with van der Waals surface area (Å²) < 4.78 is 5.53. The third kappa shape index (κ3) is 3.46. The van der Waals surface area contributed by atoms with Gasteiger partial charge in [0.05, 0.1) is 17.7 Å². The van der Waals surface area contributed by atoms with Gasteiger partial charge in [-0.3, -0.25) is 4.79 Å². The van der Waals surface area contributed by atoms with Crippen molar-refractivity contribution in [3.05, 3.63) is 0 Å². The number of amides is 1. The summed E-state index contributed by atoms with van der Waals surface area (Å²) in [6.07, 6.45) is 3.88. The second-order valence-electron chi connectivity index (χ2n) is 4.98. The number of nitrogens with one attached hydrogen (secondary N) is 1. The molecule has 3 N–H and O–H groups in total. The average Bonchev–Trinajstić information content (AvgIpc) is 2.70. The zero-order chi connectivity index (χ0) is 12.2. The van der Waals surface area contributed by atoms with Gasteiger partial charge in [0.1, 0.15) is 0 Å². The smallest absolute Gasteiger partial charge is 0.240 e. The van der Waals surface area contributed by atoms with Crippen molar-refractivity contribution in [1.29, 1.82) is 0 Å². The molecule has 0 aromatic heterocycles. The molecule has 4 nitrogen and oxygen atoms in total. The molecule has 1 heterocycles. The molecule has 0 radical (unpaired) electrons. The monoisotopic (exact) mass is 228 g/mol. The van der Waals surface area contributed by atoms with Crippen LogP contribution in [0.25, 0.3) is 0 Å². The molecule has 4 heteroatoms. The SMILES string of the molecule is CCCC(C)(N)C(=O)NC(C)C1CCCO1. The van der Waals surface area contributed by atoms with Crippen LogP contribution in [-0.2, 0) is 9.53 Å². The van der Waals surface area contributed by atoms with Crippen molar-refractivity contribution in [2.75, 3.05) is 6.61 Å². The lowest BCUT2D eigenvalue weighted by atomic mass is 9.95. The number of hydrogen-bond donors (Lipinski definition) is 2. The summed E-state index contributed by atoms with van der Waals surface area (Å²) in [6, 6.07) is 0.0507. The Hall–Kier alpha value is -0.610. The molecule has 16 heavy (non-hydrogen) atoms. The summed E-state index contributed by atoms with van der Waals surface area (Å²) in [5.74, 6) is -0.0719. The van der Waals surface area contributed by atoms with E-state index in [4.69, 9.17) is 10.5 Å². The topological polar surface area (TPSA) is 64.4 Å². The van der Waals surface area contributed by atoms with Gasteiger partial charge in [0.2, 0.25) is 5.91 Å². The van der Waals surface area contributed by atoms with Crippen molar-refractivity contribution in [3.8, 4) is 0 Å². The van der Waals surface area contributed by atoms with Gasteiger partial charge in [-0.05, 0) is 33.1 Å². The van der Waals surface area contributed by atoms with Gasteiger partial charge in [-0.25, -0.2) is 0 Å². The number of nitrogens with two attached hydrogens (primary N) is 1. The summed E-state index contributed by atoms with van der Waals surface area (Å²) in [4.78, 5) is 11.9. The highest BCUT2D eigenvalue weighted by atomic mass is 16.5. The van der Waals surface area contributed by atoms with Crippen LogP contribution >= 0.6 is 0 Å². The molecule has 1 aliphatic rings. The second-order valence-corrected chi connectivity index (χ2v) is 4.98. The molecule has 94 valence electrons. The Morgan fingerprint density at radius 2 is 2.38 bits per heavy atom. The maximum atomic E-state index is 11.9. The first-order valence-electron chi connectivity index (χ1n) is 6.19. The maximum absolute atomic E-state index is 11.9. The van der Waals surface area contributed by atoms with Gasteiger partial charge in [-0.15, -0.1) is 0 Å². The Morgan fingerprint density at radius 1 is 1.69 bits per heavy atom. The number of hydrogen-bond acceptors (Lipinski definition) is 3. The highest BCUT2D eigenvalue weighted by Gasteiger charge is 2.31. The second kappa shape index (κ2) is 5.64. The fourth-order valence-corrected chi connectivity index (χ4v) is 2.09. The third-order valence-electron chi connectivity index (χ3n) is 3.17. The van der Waals surface area contributed by atoms with Crippen molar-refractivity contribution in [2.45, 2.75) is 64.1 Å². The van der Waals surface area contributed by atoms with Crippen molar-refractivity contribution in [1.82, 2.24) is 5.32 Å². The summed E-state index contributed by atoms with van der Waals surface area (Å²) in [5.41, 5.74) is 5.20. The van der Waals surface area contributed by atoms with Crippen LogP contribution in [0, 0.1) is 0 Å². The molecule has 3 unspecified atom stereocenters. The number of ether oxygens (including phenoxy) is 1. The quantitative estimate of drug-likeness (QED) is 0.743. The molecule has 1 saturated heterocycles. The van der Waals surface area contributed by atoms with Gasteiger partial charge in [0, 0.05) is 6.61 Å². The Balaban J connectivity index is 2.43. The van der Waals surface area contributed by atoms with E-state index in [0.29, 0.717) is 6.42 Å². The van der Waals surface area contributed by atoms with Crippen LogP contribution in [-0.4, -0.2) is 30.2 Å². The van der Waals surface area contributed by atoms with E-state index in [2.05, 4.69) is 5.32 Å². The molecule has 1 rings (SSSR count). The third-order valence-corrected chi connectivity index (χ3v) is 3.17. The van der Waals surface area contributed by atoms with E-state index in [-0.39, 0.29) is 18.1 Å². The predicted molar refractivity (Wildman–Crippen MR) is 64.1 cm³/mol. The minimum absolute atomic E-state index is 0.0507. The van der Waals surface area contributed by atoms with E-state index in [1.54, 1.807) is 6.92 Å². The van der Waals surface area contributed by atoms with Crippen LogP contribution in [0.3, 0.4) is 0 Å². The molecule has 1 amide bonds. The zero-order valence-corrected chi connectivity index (χ0v) is 10.6. The molecule has 1 fully saturated rings. The predicted octanol–water partition coefficient (Wildman–Crippen LogP) is 1.19. The van der Waals surface area contributed by atoms with E-state index in [1.807, 2.05) is 13.8 Å². The Morgan fingerprint density at radius 3 is 2.88 bits per heavy atom. The summed E-state index contributed by atoms with van der Waals surface area (Å²) in [6.45, 7) is 6.60. The molecule has 0 aromatic rings. The fourth-order valence-electron chi connectivity index (χ4n) is 2.09. The van der Waals surface area contributed by atoms with Crippen molar-refractivity contribution in [2.24, 2.45) is 5.73 Å². The van der Waals surface area contributed by atoms with E-state index in [0.717, 1.165) is 25.9 Å². The minimum Gasteiger partial charge on any atom is -0.376 e. The first-order chi connectivity index (χ1) is 7.47. The van der Waals surface area contributed by atoms with Gasteiger partial charge in [-0.1, -0.05) is 13.3 Å². The van der Waals surface area contributed by atoms with E-state index in [9.17, 15) is 4.79 Å². The van der Waals surface area contributed by atoms with Crippen molar-refractivity contribution >= 4 is 5.91 Å². The van der Waals surface area contributed by atoms with Crippen LogP contribution in [0.15, 0.2) is 0 Å². The molecule has 0 spiro atoms. The Kier molecular flexibility index (Phi) is 4.74. The fraction of sp³-hybridized carbons (Fsp3) is 0.917. The van der Waals surface area contributed by atoms with Gasteiger partial charge in [-0.2, -0.15) is 0 Å². The number of carbonyl (C=O) groups excluding carboxylic acids is 1. The molecular formula is C12H24N2O2. The van der Waals surface area contributed by atoms with Crippen molar-refractivity contribution in [3.63, 3.8) is 0 Å². The van der Waals surface area contributed by atoms with Crippen LogP contribution in [0.5, 0.6) is 0 Å². The molecule has 3 atom stereocenters. The van der Waals surface area contributed by atoms with Crippen molar-refractivity contribution < 1.29 is 9.53 Å². The standard InChI is InChI=1S/C12H24N2O2/c1-4-7-12(3,13)11(15)14-9(2)10-6-5-8-16-10/h9-10H,4-8,13H2,1-3H3,(H,14,15). The van der Waals surface area contributed by atoms with Crippen LogP contribution in [0.4, 0.5) is 0 Å². The maximum Gasteiger partial charge on any atom is 0.240 e. The van der Waals surface area contributed by atoms with Gasteiger partial charge >= 0.3 is 0 Å². The lowest BCUT2D eigenvalue weighted by Gasteiger charge is -2.27. The Labute approximate surface area is 97.9 Å². The van der Waals surface area contributed by atoms with E-state index >= 15 is 0 Å². The van der Waals surface area contributed by atoms with E-state index < -0.39 is 5.54 Å². The van der Waals surface area contributed by atoms with Crippen LogP contribution in [0.1, 0.15) is 46.5 Å². The minimum atomic E-state index is -0.762. The molecule has 0 aromatic carbocycles. The lowest BCUT2D eigenvalue weighted by molar-refractivity contribution is -0.127. The highest BCUT2D eigenvalue weighted by molar-refractivity contribution is 5.85. The molecule has 1 aliphatic heterocycles. The Bertz CT molecular complexity index is 235. The van der Waals surface area contributed by atoms with Crippen LogP contribution < -0.4 is 11.1 Å². The molecule has 0 bridgehead atoms. The van der Waals surface area contributed by atoms with Crippen LogP contribution in [0.2, 0.25) is 0 Å². The van der Waals surface area contributed by atoms with Gasteiger partial charge in [0.25, 0.3) is 0 Å². The zero-order valence-electron chi connectivity index (χ0n) is 10.6. The first kappa shape index (κ1) is 13.5.